The molecule has 160 valence electrons. The lowest BCUT2D eigenvalue weighted by Gasteiger charge is -2.46. The molecule has 1 unspecified atom stereocenters. The van der Waals surface area contributed by atoms with Crippen molar-refractivity contribution < 1.29 is 13.0 Å². The topological polar surface area (TPSA) is 54.4 Å². The van der Waals surface area contributed by atoms with Gasteiger partial charge in [-0.1, -0.05) is 106 Å². The zero-order valence-electron chi connectivity index (χ0n) is 18.6. The lowest BCUT2D eigenvalue weighted by molar-refractivity contribution is 0.310. The molecule has 0 saturated carbocycles. The molecule has 0 fully saturated rings. The van der Waals surface area contributed by atoms with E-state index in [-0.39, 0.29) is 10.5 Å². The van der Waals surface area contributed by atoms with Gasteiger partial charge in [0.2, 0.25) is 0 Å². The van der Waals surface area contributed by atoms with Gasteiger partial charge in [0.25, 0.3) is 10.1 Å². The second kappa shape index (κ2) is 8.74. The summed E-state index contributed by atoms with van der Waals surface area (Å²) in [5.74, 6) is 0. The van der Waals surface area contributed by atoms with Gasteiger partial charge in [-0.15, -0.1) is 0 Å². The fraction of sp³-hybridized carbons (Fsp3) is 0.500. The third-order valence-electron chi connectivity index (χ3n) is 6.34. The van der Waals surface area contributed by atoms with E-state index in [2.05, 4.69) is 95.3 Å². The zero-order valence-corrected chi connectivity index (χ0v) is 20.5. The Kier molecular flexibility index (Phi) is 7.19. The first-order valence-electron chi connectivity index (χ1n) is 10.4. The Bertz CT molecular complexity index is 845. The van der Waals surface area contributed by atoms with E-state index in [1.54, 1.807) is 6.92 Å². The summed E-state index contributed by atoms with van der Waals surface area (Å²) in [6, 6.07) is 22.7. The largest absolute Gasteiger partial charge is 0.285 e. The maximum absolute atomic E-state index is 11.6. The van der Waals surface area contributed by atoms with Crippen LogP contribution in [0.3, 0.4) is 0 Å². The predicted octanol–water partition coefficient (Wildman–Crippen LogP) is 5.13. The van der Waals surface area contributed by atoms with E-state index in [9.17, 15) is 13.0 Å². The molecule has 0 heterocycles. The van der Waals surface area contributed by atoms with Gasteiger partial charge in [-0.3, -0.25) is 4.55 Å². The van der Waals surface area contributed by atoms with Gasteiger partial charge in [-0.05, 0) is 36.3 Å². The molecular formula is C24H36O3SSi. The van der Waals surface area contributed by atoms with Gasteiger partial charge in [0.15, 0.2) is 0 Å². The van der Waals surface area contributed by atoms with E-state index in [4.69, 9.17) is 0 Å². The Morgan fingerprint density at radius 3 is 1.62 bits per heavy atom. The van der Waals surface area contributed by atoms with Crippen molar-refractivity contribution >= 4 is 28.6 Å². The van der Waals surface area contributed by atoms with Crippen molar-refractivity contribution in [2.24, 2.45) is 5.41 Å². The average molecular weight is 433 g/mol. The van der Waals surface area contributed by atoms with Crippen molar-refractivity contribution in [1.29, 1.82) is 0 Å². The van der Waals surface area contributed by atoms with E-state index in [1.165, 1.54) is 10.4 Å². The first-order valence-corrected chi connectivity index (χ1v) is 14.1. The van der Waals surface area contributed by atoms with Gasteiger partial charge < -0.3 is 0 Å². The van der Waals surface area contributed by atoms with Crippen molar-refractivity contribution in [1.82, 2.24) is 0 Å². The summed E-state index contributed by atoms with van der Waals surface area (Å²) in [5.41, 5.74) is -0.192. The highest BCUT2D eigenvalue weighted by Crippen LogP contribution is 2.42. The molecule has 2 rings (SSSR count). The predicted molar refractivity (Wildman–Crippen MR) is 126 cm³/mol. The molecule has 3 nitrogen and oxygen atoms in total. The van der Waals surface area contributed by atoms with Crippen LogP contribution in [0.5, 0.6) is 0 Å². The molecule has 29 heavy (non-hydrogen) atoms. The minimum absolute atomic E-state index is 0.0838. The maximum atomic E-state index is 11.6. The van der Waals surface area contributed by atoms with E-state index in [0.29, 0.717) is 6.42 Å². The first-order chi connectivity index (χ1) is 13.3. The monoisotopic (exact) mass is 432 g/mol. The summed E-state index contributed by atoms with van der Waals surface area (Å²) in [4.78, 5) is 0. The highest BCUT2D eigenvalue weighted by atomic mass is 32.2. The van der Waals surface area contributed by atoms with Gasteiger partial charge >= 0.3 is 0 Å². The van der Waals surface area contributed by atoms with Gasteiger partial charge in [0.05, 0.1) is 5.25 Å². The summed E-state index contributed by atoms with van der Waals surface area (Å²) in [6.45, 7) is 12.9. The van der Waals surface area contributed by atoms with Gasteiger partial charge in [-0.2, -0.15) is 8.42 Å². The van der Waals surface area contributed by atoms with E-state index < -0.39 is 23.4 Å². The Morgan fingerprint density at radius 1 is 0.862 bits per heavy atom. The summed E-state index contributed by atoms with van der Waals surface area (Å²) in [5, 5.41) is 2.16. The zero-order chi connectivity index (χ0) is 21.9. The Labute approximate surface area is 178 Å². The highest BCUT2D eigenvalue weighted by Gasteiger charge is 2.47. The molecule has 0 aliphatic carbocycles. The van der Waals surface area contributed by atoms with Crippen LogP contribution in [-0.4, -0.2) is 26.3 Å². The second-order valence-electron chi connectivity index (χ2n) is 10.1. The van der Waals surface area contributed by atoms with Crippen molar-refractivity contribution in [3.05, 3.63) is 60.7 Å². The molecule has 0 aliphatic rings. The van der Waals surface area contributed by atoms with Crippen molar-refractivity contribution in [2.45, 2.75) is 70.7 Å². The van der Waals surface area contributed by atoms with Crippen LogP contribution in [0, 0.1) is 5.41 Å². The van der Waals surface area contributed by atoms with Crippen molar-refractivity contribution in [3.63, 3.8) is 0 Å². The average Bonchev–Trinajstić information content (AvgIpc) is 2.61. The third-order valence-corrected chi connectivity index (χ3v) is 13.7. The van der Waals surface area contributed by atoms with Crippen LogP contribution in [-0.2, 0) is 10.1 Å². The Hall–Kier alpha value is -1.43. The summed E-state index contributed by atoms with van der Waals surface area (Å²) in [6.07, 6.45) is 1.35. The van der Waals surface area contributed by atoms with Gasteiger partial charge in [0, 0.05) is 0 Å². The second-order valence-corrected chi connectivity index (χ2v) is 16.9. The molecule has 1 atom stereocenters. The third kappa shape index (κ3) is 5.59. The maximum Gasteiger partial charge on any atom is 0.267 e. The normalized spacial score (nSPS) is 14.6. The lowest BCUT2D eigenvalue weighted by Crippen LogP contribution is -2.64. The van der Waals surface area contributed by atoms with Gasteiger partial charge in [-0.25, -0.2) is 0 Å². The number of benzene rings is 2. The number of hydrogen-bond donors (Lipinski definition) is 1. The highest BCUT2D eigenvalue weighted by molar-refractivity contribution is 7.86. The van der Waals surface area contributed by atoms with Crippen LogP contribution in [0.2, 0.25) is 11.1 Å². The Balaban J connectivity index is 2.49. The summed E-state index contributed by atoms with van der Waals surface area (Å²) < 4.78 is 32.6. The van der Waals surface area contributed by atoms with Crippen LogP contribution in [0.1, 0.15) is 54.4 Å². The molecule has 0 saturated heterocycles. The lowest BCUT2D eigenvalue weighted by atomic mass is 9.85. The molecule has 2 aromatic rings. The number of hydrogen-bond acceptors (Lipinski definition) is 2. The first kappa shape index (κ1) is 23.8. The summed E-state index contributed by atoms with van der Waals surface area (Å²) >= 11 is 0. The van der Waals surface area contributed by atoms with Crippen LogP contribution in [0.25, 0.3) is 0 Å². The molecule has 0 radical (unpaired) electrons. The molecule has 0 aliphatic heterocycles. The fourth-order valence-corrected chi connectivity index (χ4v) is 11.3. The smallest absolute Gasteiger partial charge is 0.267 e. The molecule has 0 aromatic heterocycles. The molecule has 5 heteroatoms. The van der Waals surface area contributed by atoms with E-state index in [0.717, 1.165) is 12.5 Å². The van der Waals surface area contributed by atoms with Crippen LogP contribution in [0.15, 0.2) is 60.7 Å². The number of rotatable bonds is 8. The minimum atomic E-state index is -4.01. The summed E-state index contributed by atoms with van der Waals surface area (Å²) in [7, 11) is -6.18. The molecular weight excluding hydrogens is 396 g/mol. The minimum Gasteiger partial charge on any atom is -0.285 e. The van der Waals surface area contributed by atoms with Crippen LogP contribution >= 0.6 is 0 Å². The molecule has 0 bridgehead atoms. The Morgan fingerprint density at radius 2 is 1.28 bits per heavy atom. The van der Waals surface area contributed by atoms with E-state index >= 15 is 0 Å². The SMILES string of the molecule is CC(CC(C)(C)CC[Si](c1ccccc1)(c1ccccc1)C(C)(C)C)S(=O)(=O)O. The van der Waals surface area contributed by atoms with E-state index in [1.807, 2.05) is 0 Å². The van der Waals surface area contributed by atoms with Crippen molar-refractivity contribution in [2.75, 3.05) is 0 Å². The quantitative estimate of drug-likeness (QED) is 0.464. The molecule has 0 spiro atoms. The molecule has 2 aromatic carbocycles. The van der Waals surface area contributed by atoms with Crippen LogP contribution < -0.4 is 10.4 Å². The molecule has 0 amide bonds. The standard InChI is InChI=1S/C24H36O3SSi/c1-20(28(25,26)27)19-24(5,6)17-18-29(23(2,3)4,21-13-9-7-10-14-21)22-15-11-8-12-16-22/h7-16,20H,17-19H2,1-6H3,(H,25,26,27). The molecule has 1 N–H and O–H groups in total. The van der Waals surface area contributed by atoms with Crippen molar-refractivity contribution in [3.8, 4) is 0 Å². The van der Waals surface area contributed by atoms with Crippen LogP contribution in [0.4, 0.5) is 0 Å². The fourth-order valence-electron chi connectivity index (χ4n) is 4.65. The van der Waals surface area contributed by atoms with Gasteiger partial charge in [0.1, 0.15) is 8.07 Å².